The Hall–Kier alpha value is -3.98. The molecule has 1 saturated carbocycles. The second-order valence-corrected chi connectivity index (χ2v) is 8.72. The number of aromatic nitrogens is 6. The fourth-order valence-corrected chi connectivity index (χ4v) is 4.12. The summed E-state index contributed by atoms with van der Waals surface area (Å²) >= 11 is 0. The minimum absolute atomic E-state index is 0.00299. The van der Waals surface area contributed by atoms with E-state index in [9.17, 15) is 9.18 Å². The van der Waals surface area contributed by atoms with Crippen molar-refractivity contribution in [3.8, 4) is 23.3 Å². The highest BCUT2D eigenvalue weighted by molar-refractivity contribution is 5.93. The standard InChI is InChI=1S/C24H27FN8O3/c1-15-28-20(23-30-32-33(31-23)14-17-4-2-16(12-26)3-5-17)11-21(29-15)24(35)27-13-18-6-7-19(25)22(10-18)36-9-8-34/h6-7,10-11,16-17,34H,2-5,8-9,13-14H2,1H3,(H,27,35). The van der Waals surface area contributed by atoms with Gasteiger partial charge in [-0.2, -0.15) is 10.1 Å². The van der Waals surface area contributed by atoms with Gasteiger partial charge in [0.1, 0.15) is 23.8 Å². The van der Waals surface area contributed by atoms with Gasteiger partial charge in [0.2, 0.25) is 5.82 Å². The molecule has 0 bridgehead atoms. The third kappa shape index (κ3) is 6.37. The lowest BCUT2D eigenvalue weighted by Crippen LogP contribution is -2.24. The van der Waals surface area contributed by atoms with Crippen LogP contribution in [0.3, 0.4) is 0 Å². The van der Waals surface area contributed by atoms with Gasteiger partial charge in [-0.05, 0) is 67.5 Å². The molecule has 3 aromatic rings. The summed E-state index contributed by atoms with van der Waals surface area (Å²) in [5.41, 5.74) is 1.15. The van der Waals surface area contributed by atoms with Crippen molar-refractivity contribution in [2.75, 3.05) is 13.2 Å². The number of hydrogen-bond acceptors (Lipinski definition) is 9. The van der Waals surface area contributed by atoms with E-state index >= 15 is 0 Å². The second kappa shape index (κ2) is 11.6. The van der Waals surface area contributed by atoms with Crippen LogP contribution < -0.4 is 10.1 Å². The molecule has 1 aliphatic carbocycles. The van der Waals surface area contributed by atoms with Crippen LogP contribution in [-0.2, 0) is 13.1 Å². The first-order valence-corrected chi connectivity index (χ1v) is 11.8. The highest BCUT2D eigenvalue weighted by Gasteiger charge is 2.22. The second-order valence-electron chi connectivity index (χ2n) is 8.72. The number of aliphatic hydroxyl groups is 1. The molecule has 2 heterocycles. The van der Waals surface area contributed by atoms with Crippen molar-refractivity contribution < 1.29 is 19.0 Å². The molecule has 2 N–H and O–H groups in total. The zero-order valence-electron chi connectivity index (χ0n) is 19.9. The fraction of sp³-hybridized carbons (Fsp3) is 0.458. The van der Waals surface area contributed by atoms with Gasteiger partial charge in [0.25, 0.3) is 5.91 Å². The van der Waals surface area contributed by atoms with Gasteiger partial charge in [0.15, 0.2) is 11.6 Å². The Morgan fingerprint density at radius 2 is 2.08 bits per heavy atom. The number of amides is 1. The molecule has 0 aliphatic heterocycles. The number of halogens is 1. The number of carbonyl (C=O) groups is 1. The van der Waals surface area contributed by atoms with Crippen molar-refractivity contribution in [3.63, 3.8) is 0 Å². The first kappa shape index (κ1) is 25.1. The molecule has 2 aromatic heterocycles. The molecule has 1 amide bonds. The van der Waals surface area contributed by atoms with Gasteiger partial charge in [-0.1, -0.05) is 6.07 Å². The number of tetrazole rings is 1. The zero-order valence-corrected chi connectivity index (χ0v) is 19.9. The van der Waals surface area contributed by atoms with Gasteiger partial charge < -0.3 is 15.2 Å². The average Bonchev–Trinajstić information content (AvgIpc) is 3.36. The Bertz CT molecular complexity index is 1250. The van der Waals surface area contributed by atoms with Gasteiger partial charge in [0, 0.05) is 12.5 Å². The van der Waals surface area contributed by atoms with Gasteiger partial charge in [0.05, 0.1) is 19.2 Å². The first-order valence-electron chi connectivity index (χ1n) is 11.8. The quantitative estimate of drug-likeness (QED) is 0.456. The predicted octanol–water partition coefficient (Wildman–Crippen LogP) is 2.21. The largest absolute Gasteiger partial charge is 0.488 e. The van der Waals surface area contributed by atoms with Crippen molar-refractivity contribution >= 4 is 5.91 Å². The third-order valence-electron chi connectivity index (χ3n) is 6.00. The molecule has 4 rings (SSSR count). The smallest absolute Gasteiger partial charge is 0.270 e. The zero-order chi connectivity index (χ0) is 25.5. The van der Waals surface area contributed by atoms with E-state index in [1.54, 1.807) is 6.92 Å². The molecular weight excluding hydrogens is 467 g/mol. The SMILES string of the molecule is Cc1nc(C(=O)NCc2ccc(F)c(OCCO)c2)cc(-c2nnn(CC3CCC(C#N)CC3)n2)n1. The minimum Gasteiger partial charge on any atom is -0.488 e. The fourth-order valence-electron chi connectivity index (χ4n) is 4.12. The number of nitrogens with one attached hydrogen (secondary N) is 1. The molecule has 1 aromatic carbocycles. The van der Waals surface area contributed by atoms with E-state index in [0.29, 0.717) is 35.4 Å². The normalized spacial score (nSPS) is 17.4. The van der Waals surface area contributed by atoms with E-state index in [1.165, 1.54) is 29.1 Å². The molecule has 188 valence electrons. The molecule has 36 heavy (non-hydrogen) atoms. The van der Waals surface area contributed by atoms with E-state index in [-0.39, 0.29) is 37.1 Å². The van der Waals surface area contributed by atoms with Crippen LogP contribution >= 0.6 is 0 Å². The van der Waals surface area contributed by atoms with E-state index in [1.807, 2.05) is 0 Å². The highest BCUT2D eigenvalue weighted by Crippen LogP contribution is 2.29. The van der Waals surface area contributed by atoms with Crippen molar-refractivity contribution in [1.82, 2.24) is 35.5 Å². The molecule has 0 spiro atoms. The Labute approximate surface area is 207 Å². The van der Waals surface area contributed by atoms with Crippen LogP contribution in [0, 0.1) is 35.9 Å². The maximum atomic E-state index is 13.8. The monoisotopic (exact) mass is 494 g/mol. The molecule has 0 saturated heterocycles. The molecule has 0 radical (unpaired) electrons. The number of ether oxygens (including phenoxy) is 1. The summed E-state index contributed by atoms with van der Waals surface area (Å²) in [6.07, 6.45) is 3.69. The third-order valence-corrected chi connectivity index (χ3v) is 6.00. The van der Waals surface area contributed by atoms with Crippen molar-refractivity contribution in [2.45, 2.75) is 45.7 Å². The number of nitrogens with zero attached hydrogens (tertiary/aromatic N) is 7. The summed E-state index contributed by atoms with van der Waals surface area (Å²) in [5.74, 6) is 0.221. The maximum Gasteiger partial charge on any atom is 0.270 e. The predicted molar refractivity (Wildman–Crippen MR) is 125 cm³/mol. The van der Waals surface area contributed by atoms with Gasteiger partial charge in [-0.15, -0.1) is 10.2 Å². The molecule has 0 atom stereocenters. The van der Waals surface area contributed by atoms with Crippen LogP contribution in [0.15, 0.2) is 24.3 Å². The number of carbonyl (C=O) groups excluding carboxylic acids is 1. The number of benzene rings is 1. The molecule has 1 aliphatic rings. The summed E-state index contributed by atoms with van der Waals surface area (Å²) < 4.78 is 19.0. The van der Waals surface area contributed by atoms with E-state index in [0.717, 1.165) is 25.7 Å². The Kier molecular flexibility index (Phi) is 8.12. The highest BCUT2D eigenvalue weighted by atomic mass is 19.1. The summed E-state index contributed by atoms with van der Waals surface area (Å²) in [6, 6.07) is 8.09. The van der Waals surface area contributed by atoms with Crippen molar-refractivity contribution in [3.05, 3.63) is 47.2 Å². The number of hydrogen-bond donors (Lipinski definition) is 2. The number of aliphatic hydroxyl groups excluding tert-OH is 1. The average molecular weight is 495 g/mol. The summed E-state index contributed by atoms with van der Waals surface area (Å²) in [5, 5.41) is 33.4. The van der Waals surface area contributed by atoms with Crippen molar-refractivity contribution in [2.24, 2.45) is 11.8 Å². The maximum absolute atomic E-state index is 13.8. The lowest BCUT2D eigenvalue weighted by atomic mass is 9.83. The van der Waals surface area contributed by atoms with E-state index < -0.39 is 11.7 Å². The Morgan fingerprint density at radius 1 is 1.28 bits per heavy atom. The molecule has 1 fully saturated rings. The van der Waals surface area contributed by atoms with Crippen LogP contribution in [0.4, 0.5) is 4.39 Å². The van der Waals surface area contributed by atoms with Crippen LogP contribution in [0.5, 0.6) is 5.75 Å². The molecular formula is C24H27FN8O3. The molecule has 11 nitrogen and oxygen atoms in total. The lowest BCUT2D eigenvalue weighted by Gasteiger charge is -2.23. The van der Waals surface area contributed by atoms with E-state index in [2.05, 4.69) is 36.8 Å². The summed E-state index contributed by atoms with van der Waals surface area (Å²) in [7, 11) is 0. The van der Waals surface area contributed by atoms with Crippen LogP contribution in [0.25, 0.3) is 11.5 Å². The van der Waals surface area contributed by atoms with Crippen LogP contribution in [0.2, 0.25) is 0 Å². The van der Waals surface area contributed by atoms with Crippen LogP contribution in [-0.4, -0.2) is 54.4 Å². The van der Waals surface area contributed by atoms with Gasteiger partial charge in [-0.25, -0.2) is 14.4 Å². The van der Waals surface area contributed by atoms with E-state index in [4.69, 9.17) is 15.1 Å². The Balaban J connectivity index is 1.40. The summed E-state index contributed by atoms with van der Waals surface area (Å²) in [4.78, 5) is 22.9. The Morgan fingerprint density at radius 3 is 2.83 bits per heavy atom. The number of rotatable bonds is 9. The molecule has 12 heteroatoms. The summed E-state index contributed by atoms with van der Waals surface area (Å²) in [6.45, 7) is 2.14. The number of nitriles is 1. The van der Waals surface area contributed by atoms with Crippen LogP contribution in [0.1, 0.15) is 47.6 Å². The molecule has 0 unspecified atom stereocenters. The first-order chi connectivity index (χ1) is 17.4. The van der Waals surface area contributed by atoms with Crippen molar-refractivity contribution in [1.29, 1.82) is 5.26 Å². The number of aryl methyl sites for hydroxylation is 1. The van der Waals surface area contributed by atoms with Gasteiger partial charge in [-0.3, -0.25) is 4.79 Å². The minimum atomic E-state index is -0.551. The lowest BCUT2D eigenvalue weighted by molar-refractivity contribution is 0.0945. The van der Waals surface area contributed by atoms with Gasteiger partial charge >= 0.3 is 0 Å². The topological polar surface area (TPSA) is 152 Å².